The molecule has 12 heteroatoms. The van der Waals surface area contributed by atoms with Gasteiger partial charge in [0.15, 0.2) is 11.6 Å². The largest absolute Gasteiger partial charge is 0.497 e. The van der Waals surface area contributed by atoms with Gasteiger partial charge in [0.25, 0.3) is 0 Å². The molecule has 0 spiro atoms. The molecule has 12 nitrogen and oxygen atoms in total. The highest BCUT2D eigenvalue weighted by Crippen LogP contribution is 2.34. The summed E-state index contributed by atoms with van der Waals surface area (Å²) in [6, 6.07) is 44.8. The van der Waals surface area contributed by atoms with Crippen LogP contribution in [0.2, 0.25) is 0 Å². The molecule has 0 aliphatic rings. The molecular weight excluding hydrogens is 833 g/mol. The molecule has 66 heavy (non-hydrogen) atoms. The Bertz CT molecular complexity index is 2620. The van der Waals surface area contributed by atoms with Crippen molar-refractivity contribution in [1.29, 1.82) is 0 Å². The Kier molecular flexibility index (Phi) is 15.8. The average Bonchev–Trinajstić information content (AvgIpc) is 3.94. The van der Waals surface area contributed by atoms with Gasteiger partial charge in [-0.2, -0.15) is 0 Å². The molecule has 8 aromatic rings. The highest BCUT2D eigenvalue weighted by Gasteiger charge is 2.27. The number of fused-ring (bicyclic) bond motifs is 2. The van der Waals surface area contributed by atoms with Crippen LogP contribution in [-0.2, 0) is 13.1 Å². The van der Waals surface area contributed by atoms with Crippen LogP contribution in [0.1, 0.15) is 56.8 Å². The zero-order valence-corrected chi connectivity index (χ0v) is 37.6. The van der Waals surface area contributed by atoms with Crippen LogP contribution in [-0.4, -0.2) is 72.6 Å². The maximum absolute atomic E-state index is 14.0. The Labute approximate surface area is 384 Å². The van der Waals surface area contributed by atoms with Crippen LogP contribution in [0.4, 0.5) is 11.4 Å². The minimum atomic E-state index is -0.611. The third-order valence-corrected chi connectivity index (χ3v) is 11.3. The zero-order valence-electron chi connectivity index (χ0n) is 37.6. The van der Waals surface area contributed by atoms with Gasteiger partial charge in [-0.3, -0.25) is 9.59 Å². The maximum atomic E-state index is 14.0. The third-order valence-electron chi connectivity index (χ3n) is 11.3. The van der Waals surface area contributed by atoms with Gasteiger partial charge in [-0.1, -0.05) is 97.1 Å². The molecule has 0 aliphatic carbocycles. The first kappa shape index (κ1) is 46.5. The molecule has 340 valence electrons. The summed E-state index contributed by atoms with van der Waals surface area (Å²) in [5.41, 5.74) is 6.38. The summed E-state index contributed by atoms with van der Waals surface area (Å²) in [4.78, 5) is 27.9. The summed E-state index contributed by atoms with van der Waals surface area (Å²) in [6.07, 6.45) is 5.03. The standard InChI is InChI=1S/2C27H28N2O4/c2*1-32-21-15-20(16-22(17-21)33-2)28-26(19-9-4-3-5-10-19)27(31)24-18-29(13-8-14-30)25-12-7-6-11-23(24)25/h2*3-7,9-12,15-18,26,28,30H,8,13-14H2,1-2H3. The SMILES string of the molecule is COc1cc(NC(C(=O)c2cn(CCCO)c3ccccc23)c2ccccc2)cc(OC)c1.COc1cc(NC(C(=O)c2cn(CCCO)c3ccccc23)c2ccccc2)cc(OC)c1. The topological polar surface area (TPSA) is 145 Å². The fourth-order valence-corrected chi connectivity index (χ4v) is 8.06. The number of ketones is 2. The van der Waals surface area contributed by atoms with Gasteiger partial charge in [0.05, 0.1) is 28.4 Å². The van der Waals surface area contributed by atoms with Crippen molar-refractivity contribution in [3.63, 3.8) is 0 Å². The molecule has 8 rings (SSSR count). The van der Waals surface area contributed by atoms with E-state index in [4.69, 9.17) is 18.9 Å². The smallest absolute Gasteiger partial charge is 0.191 e. The lowest BCUT2D eigenvalue weighted by Crippen LogP contribution is -2.21. The van der Waals surface area contributed by atoms with Gasteiger partial charge in [-0.05, 0) is 36.1 Å². The van der Waals surface area contributed by atoms with Crippen molar-refractivity contribution in [1.82, 2.24) is 9.13 Å². The number of aryl methyl sites for hydroxylation is 2. The molecule has 6 aromatic carbocycles. The minimum absolute atomic E-state index is 0.0399. The summed E-state index contributed by atoms with van der Waals surface area (Å²) < 4.78 is 25.7. The van der Waals surface area contributed by atoms with Gasteiger partial charge >= 0.3 is 0 Å². The predicted octanol–water partition coefficient (Wildman–Crippen LogP) is 10.2. The first-order valence-corrected chi connectivity index (χ1v) is 21.8. The number of para-hydroxylation sites is 2. The second-order valence-corrected chi connectivity index (χ2v) is 15.6. The second kappa shape index (κ2) is 22.4. The summed E-state index contributed by atoms with van der Waals surface area (Å²) in [5.74, 6) is 2.46. The molecule has 0 saturated carbocycles. The van der Waals surface area contributed by atoms with E-state index in [1.165, 1.54) is 0 Å². The second-order valence-electron chi connectivity index (χ2n) is 15.6. The summed E-state index contributed by atoms with van der Waals surface area (Å²) >= 11 is 0. The molecule has 0 saturated heterocycles. The van der Waals surface area contributed by atoms with Crippen LogP contribution in [0.15, 0.2) is 158 Å². The molecule has 2 unspecified atom stereocenters. The number of hydrogen-bond donors (Lipinski definition) is 4. The number of ether oxygens (including phenoxy) is 4. The van der Waals surface area contributed by atoms with E-state index in [1.807, 2.05) is 155 Å². The van der Waals surface area contributed by atoms with Crippen molar-refractivity contribution in [2.75, 3.05) is 52.3 Å². The molecule has 0 amide bonds. The number of benzene rings is 6. The van der Waals surface area contributed by atoms with Crippen LogP contribution >= 0.6 is 0 Å². The Morgan fingerprint density at radius 2 is 0.818 bits per heavy atom. The van der Waals surface area contributed by atoms with Crippen molar-refractivity contribution in [2.24, 2.45) is 0 Å². The molecule has 0 radical (unpaired) electrons. The van der Waals surface area contributed by atoms with Crippen molar-refractivity contribution in [3.05, 3.63) is 180 Å². The van der Waals surface area contributed by atoms with Gasteiger partial charge < -0.3 is 48.9 Å². The number of methoxy groups -OCH3 is 4. The lowest BCUT2D eigenvalue weighted by atomic mass is 9.96. The molecule has 4 N–H and O–H groups in total. The van der Waals surface area contributed by atoms with E-state index in [0.717, 1.165) is 44.3 Å². The van der Waals surface area contributed by atoms with Crippen LogP contribution < -0.4 is 29.6 Å². The molecule has 2 aromatic heterocycles. The number of Topliss-reactive ketones (excluding diaryl/α,β-unsaturated/α-hetero) is 2. The summed E-state index contributed by atoms with van der Waals surface area (Å²) in [7, 11) is 6.39. The molecular formula is C54H56N4O8. The fraction of sp³-hybridized carbons (Fsp3) is 0.222. The predicted molar refractivity (Wildman–Crippen MR) is 261 cm³/mol. The van der Waals surface area contributed by atoms with Gasteiger partial charge in [-0.25, -0.2) is 0 Å². The lowest BCUT2D eigenvalue weighted by Gasteiger charge is -2.20. The van der Waals surface area contributed by atoms with Crippen LogP contribution in [0.5, 0.6) is 23.0 Å². The Morgan fingerprint density at radius 1 is 0.485 bits per heavy atom. The normalized spacial score (nSPS) is 11.8. The van der Waals surface area contributed by atoms with E-state index in [-0.39, 0.29) is 24.8 Å². The molecule has 2 heterocycles. The number of aromatic nitrogens is 2. The number of carbonyl (C=O) groups is 2. The number of carbonyl (C=O) groups excluding carboxylic acids is 2. The van der Waals surface area contributed by atoms with Crippen molar-refractivity contribution in [2.45, 2.75) is 38.0 Å². The van der Waals surface area contributed by atoms with Crippen molar-refractivity contribution < 1.29 is 38.7 Å². The number of hydrogen-bond acceptors (Lipinski definition) is 10. The van der Waals surface area contributed by atoms with Gasteiger partial charge in [0.1, 0.15) is 35.1 Å². The Morgan fingerprint density at radius 3 is 1.15 bits per heavy atom. The summed E-state index contributed by atoms with van der Waals surface area (Å²) in [5, 5.41) is 27.2. The first-order chi connectivity index (χ1) is 32.3. The van der Waals surface area contributed by atoms with E-state index < -0.39 is 12.1 Å². The minimum Gasteiger partial charge on any atom is -0.497 e. The van der Waals surface area contributed by atoms with E-state index >= 15 is 0 Å². The summed E-state index contributed by atoms with van der Waals surface area (Å²) in [6.45, 7) is 1.48. The van der Waals surface area contributed by atoms with Crippen LogP contribution in [0.3, 0.4) is 0 Å². The van der Waals surface area contributed by atoms with E-state index in [2.05, 4.69) is 10.6 Å². The average molecular weight is 889 g/mol. The van der Waals surface area contributed by atoms with E-state index in [1.54, 1.807) is 40.6 Å². The number of rotatable bonds is 20. The highest BCUT2D eigenvalue weighted by molar-refractivity contribution is 6.12. The van der Waals surface area contributed by atoms with Crippen LogP contribution in [0.25, 0.3) is 21.8 Å². The maximum Gasteiger partial charge on any atom is 0.191 e. The number of aliphatic hydroxyl groups is 2. The highest BCUT2D eigenvalue weighted by atomic mass is 16.5. The monoisotopic (exact) mass is 888 g/mol. The van der Waals surface area contributed by atoms with Gasteiger partial charge in [-0.15, -0.1) is 0 Å². The van der Waals surface area contributed by atoms with E-state index in [9.17, 15) is 19.8 Å². The quantitative estimate of drug-likeness (QED) is 0.0546. The number of aliphatic hydroxyl groups excluding tert-OH is 2. The van der Waals surface area contributed by atoms with Gasteiger partial charge in [0.2, 0.25) is 0 Å². The molecule has 0 bridgehead atoms. The first-order valence-electron chi connectivity index (χ1n) is 21.8. The van der Waals surface area contributed by atoms with Crippen molar-refractivity contribution >= 4 is 44.7 Å². The lowest BCUT2D eigenvalue weighted by molar-refractivity contribution is 0.0963. The van der Waals surface area contributed by atoms with E-state index in [0.29, 0.717) is 60.1 Å². The van der Waals surface area contributed by atoms with Gasteiger partial charge in [0, 0.05) is 119 Å². The molecule has 0 aliphatic heterocycles. The zero-order chi connectivity index (χ0) is 46.4. The Hall–Kier alpha value is -7.54. The number of nitrogens with zero attached hydrogens (tertiary/aromatic N) is 2. The van der Waals surface area contributed by atoms with Crippen molar-refractivity contribution in [3.8, 4) is 23.0 Å². The molecule has 0 fully saturated rings. The Balaban J connectivity index is 0.000000196. The van der Waals surface area contributed by atoms with Crippen LogP contribution in [0, 0.1) is 0 Å². The number of nitrogens with one attached hydrogen (secondary N) is 2. The number of anilines is 2. The fourth-order valence-electron chi connectivity index (χ4n) is 8.06. The molecule has 2 atom stereocenters. The third kappa shape index (κ3) is 10.9.